The molecule has 1 aliphatic rings. The zero-order valence-electron chi connectivity index (χ0n) is 19.5. The van der Waals surface area contributed by atoms with Crippen molar-refractivity contribution >= 4 is 60.7 Å². The average Bonchev–Trinajstić information content (AvgIpc) is 3.19. The average molecular weight is 557 g/mol. The summed E-state index contributed by atoms with van der Waals surface area (Å²) in [4.78, 5) is 18.0. The van der Waals surface area contributed by atoms with Gasteiger partial charge in [-0.3, -0.25) is 4.79 Å². The highest BCUT2D eigenvalue weighted by molar-refractivity contribution is 7.89. The van der Waals surface area contributed by atoms with Crippen LogP contribution < -0.4 is 4.80 Å². The van der Waals surface area contributed by atoms with Gasteiger partial charge in [-0.1, -0.05) is 41.5 Å². The summed E-state index contributed by atoms with van der Waals surface area (Å²) >= 11 is 14.0. The fourth-order valence-electron chi connectivity index (χ4n) is 3.99. The van der Waals surface area contributed by atoms with Gasteiger partial charge in [-0.2, -0.15) is 9.30 Å². The summed E-state index contributed by atoms with van der Waals surface area (Å²) in [5, 5.41) is 0.812. The van der Waals surface area contributed by atoms with E-state index in [1.165, 1.54) is 39.9 Å². The number of halogens is 2. The maximum atomic E-state index is 13.0. The largest absolute Gasteiger partial charge is 0.380 e. The molecule has 188 valence electrons. The van der Waals surface area contributed by atoms with Gasteiger partial charge in [0.1, 0.15) is 0 Å². The Morgan fingerprint density at radius 3 is 2.49 bits per heavy atom. The number of nitrogens with zero attached hydrogens (tertiary/aromatic N) is 3. The Balaban J connectivity index is 1.64. The second-order valence-electron chi connectivity index (χ2n) is 8.47. The van der Waals surface area contributed by atoms with Gasteiger partial charge in [0.15, 0.2) is 4.80 Å². The van der Waals surface area contributed by atoms with E-state index < -0.39 is 15.9 Å². The number of sulfonamides is 1. The number of aromatic nitrogens is 1. The molecular weight excluding hydrogens is 529 g/mol. The molecule has 1 aliphatic heterocycles. The number of rotatable bonds is 7. The van der Waals surface area contributed by atoms with Gasteiger partial charge >= 0.3 is 0 Å². The van der Waals surface area contributed by atoms with Gasteiger partial charge < -0.3 is 9.30 Å². The summed E-state index contributed by atoms with van der Waals surface area (Å²) in [6, 6.07) is 9.51. The summed E-state index contributed by atoms with van der Waals surface area (Å²) in [6.45, 7) is 6.51. The van der Waals surface area contributed by atoms with Crippen LogP contribution in [0, 0.1) is 5.92 Å². The van der Waals surface area contributed by atoms with Crippen molar-refractivity contribution in [3.8, 4) is 0 Å². The SMILES string of the molecule is CCOCCn1c(=NC(=O)c2ccc(S(=O)(=O)N3CCC(C)CC3)cc2)sc2ccc(Cl)c(Cl)c21. The number of carbonyl (C=O) groups excluding carboxylic acids is 1. The van der Waals surface area contributed by atoms with E-state index in [0.29, 0.717) is 64.7 Å². The molecule has 1 saturated heterocycles. The molecule has 0 aliphatic carbocycles. The highest BCUT2D eigenvalue weighted by atomic mass is 35.5. The second kappa shape index (κ2) is 11.1. The highest BCUT2D eigenvalue weighted by Gasteiger charge is 2.28. The summed E-state index contributed by atoms with van der Waals surface area (Å²) in [5.41, 5.74) is 1.00. The lowest BCUT2D eigenvalue weighted by molar-refractivity contribution is 0.0996. The summed E-state index contributed by atoms with van der Waals surface area (Å²) < 4.78 is 35.6. The van der Waals surface area contributed by atoms with Crippen molar-refractivity contribution in [3.63, 3.8) is 0 Å². The van der Waals surface area contributed by atoms with Crippen molar-refractivity contribution in [1.82, 2.24) is 8.87 Å². The molecule has 0 N–H and O–H groups in total. The lowest BCUT2D eigenvalue weighted by Gasteiger charge is -2.29. The number of hydrogen-bond acceptors (Lipinski definition) is 5. The van der Waals surface area contributed by atoms with E-state index in [2.05, 4.69) is 11.9 Å². The van der Waals surface area contributed by atoms with E-state index in [-0.39, 0.29) is 4.90 Å². The van der Waals surface area contributed by atoms with E-state index in [4.69, 9.17) is 27.9 Å². The number of amides is 1. The molecule has 3 aromatic rings. The van der Waals surface area contributed by atoms with Gasteiger partial charge in [-0.15, -0.1) is 0 Å². The smallest absolute Gasteiger partial charge is 0.279 e. The van der Waals surface area contributed by atoms with Crippen molar-refractivity contribution < 1.29 is 17.9 Å². The third-order valence-electron chi connectivity index (χ3n) is 6.08. The molecule has 11 heteroatoms. The molecule has 1 fully saturated rings. The molecule has 0 saturated carbocycles. The molecule has 2 aromatic carbocycles. The predicted octanol–water partition coefficient (Wildman–Crippen LogP) is 5.21. The molecule has 4 rings (SSSR count). The van der Waals surface area contributed by atoms with Gasteiger partial charge in [0.05, 0.1) is 31.8 Å². The van der Waals surface area contributed by atoms with Crippen molar-refractivity contribution in [1.29, 1.82) is 0 Å². The molecule has 1 amide bonds. The van der Waals surface area contributed by atoms with Crippen LogP contribution >= 0.6 is 34.5 Å². The third-order valence-corrected chi connectivity index (χ3v) is 9.83. The maximum Gasteiger partial charge on any atom is 0.279 e. The van der Waals surface area contributed by atoms with E-state index in [0.717, 1.165) is 17.5 Å². The van der Waals surface area contributed by atoms with Crippen LogP contribution in [0.25, 0.3) is 10.2 Å². The normalized spacial score (nSPS) is 16.3. The number of carbonyl (C=O) groups is 1. The Kier molecular flexibility index (Phi) is 8.35. The number of piperidine rings is 1. The van der Waals surface area contributed by atoms with Crippen LogP contribution in [-0.2, 0) is 21.3 Å². The molecule has 2 heterocycles. The quantitative estimate of drug-likeness (QED) is 0.375. The second-order valence-corrected chi connectivity index (χ2v) is 12.2. The molecule has 0 bridgehead atoms. The molecule has 0 spiro atoms. The number of ether oxygens (including phenoxy) is 1. The Morgan fingerprint density at radius 2 is 1.83 bits per heavy atom. The van der Waals surface area contributed by atoms with Gasteiger partial charge in [0.2, 0.25) is 10.0 Å². The minimum absolute atomic E-state index is 0.179. The first-order valence-electron chi connectivity index (χ1n) is 11.5. The summed E-state index contributed by atoms with van der Waals surface area (Å²) in [5.74, 6) is 0.0545. The topological polar surface area (TPSA) is 81.0 Å². The van der Waals surface area contributed by atoms with Crippen molar-refractivity contribution in [3.05, 3.63) is 56.8 Å². The van der Waals surface area contributed by atoms with Crippen LogP contribution in [-0.4, -0.2) is 49.5 Å². The lowest BCUT2D eigenvalue weighted by atomic mass is 10.0. The van der Waals surface area contributed by atoms with E-state index in [9.17, 15) is 13.2 Å². The van der Waals surface area contributed by atoms with Crippen LogP contribution in [0.5, 0.6) is 0 Å². The molecule has 0 unspecified atom stereocenters. The monoisotopic (exact) mass is 555 g/mol. The molecule has 1 aromatic heterocycles. The number of fused-ring (bicyclic) bond motifs is 1. The van der Waals surface area contributed by atoms with Gasteiger partial charge in [-0.05, 0) is 62.1 Å². The standard InChI is InChI=1S/C24H27Cl2N3O4S2/c1-3-33-15-14-29-22-20(9-8-19(25)21(22)26)34-24(29)27-23(30)17-4-6-18(7-5-17)35(31,32)28-12-10-16(2)11-13-28/h4-9,16H,3,10-15H2,1-2H3. The van der Waals surface area contributed by atoms with Crippen molar-refractivity contribution in [2.45, 2.75) is 38.1 Å². The number of benzene rings is 2. The molecule has 7 nitrogen and oxygen atoms in total. The maximum absolute atomic E-state index is 13.0. The lowest BCUT2D eigenvalue weighted by Crippen LogP contribution is -2.37. The molecule has 0 atom stereocenters. The number of hydrogen-bond donors (Lipinski definition) is 0. The predicted molar refractivity (Wildman–Crippen MR) is 140 cm³/mol. The Bertz CT molecular complexity index is 1390. The van der Waals surface area contributed by atoms with Crippen LogP contribution in [0.2, 0.25) is 10.0 Å². The summed E-state index contributed by atoms with van der Waals surface area (Å²) in [7, 11) is -3.58. The van der Waals surface area contributed by atoms with Crippen LogP contribution in [0.1, 0.15) is 37.0 Å². The first-order valence-corrected chi connectivity index (χ1v) is 14.5. The van der Waals surface area contributed by atoms with Crippen LogP contribution in [0.4, 0.5) is 0 Å². The zero-order chi connectivity index (χ0) is 25.2. The van der Waals surface area contributed by atoms with E-state index >= 15 is 0 Å². The number of thiazole rings is 1. The Labute approximate surface area is 219 Å². The van der Waals surface area contributed by atoms with Gasteiger partial charge in [0, 0.05) is 31.8 Å². The van der Waals surface area contributed by atoms with E-state index in [1.807, 2.05) is 17.6 Å². The zero-order valence-corrected chi connectivity index (χ0v) is 22.7. The minimum Gasteiger partial charge on any atom is -0.380 e. The third kappa shape index (κ3) is 5.65. The first kappa shape index (κ1) is 26.3. The summed E-state index contributed by atoms with van der Waals surface area (Å²) in [6.07, 6.45) is 1.70. The Morgan fingerprint density at radius 1 is 1.14 bits per heavy atom. The fourth-order valence-corrected chi connectivity index (χ4v) is 7.00. The van der Waals surface area contributed by atoms with Crippen molar-refractivity contribution in [2.24, 2.45) is 10.9 Å². The van der Waals surface area contributed by atoms with E-state index in [1.54, 1.807) is 6.07 Å². The van der Waals surface area contributed by atoms with Crippen LogP contribution in [0.15, 0.2) is 46.3 Å². The van der Waals surface area contributed by atoms with Crippen LogP contribution in [0.3, 0.4) is 0 Å². The van der Waals surface area contributed by atoms with Gasteiger partial charge in [-0.25, -0.2) is 8.42 Å². The molecular formula is C24H27Cl2N3O4S2. The minimum atomic E-state index is -3.58. The van der Waals surface area contributed by atoms with Gasteiger partial charge in [0.25, 0.3) is 5.91 Å². The first-order chi connectivity index (χ1) is 16.7. The Hall–Kier alpha value is -1.75. The van der Waals surface area contributed by atoms with Crippen molar-refractivity contribution in [2.75, 3.05) is 26.3 Å². The molecule has 0 radical (unpaired) electrons. The highest BCUT2D eigenvalue weighted by Crippen LogP contribution is 2.32. The molecule has 35 heavy (non-hydrogen) atoms. The fraction of sp³-hybridized carbons (Fsp3) is 0.417.